The van der Waals surface area contributed by atoms with E-state index < -0.39 is 42.1 Å². The molecule has 2 heterocycles. The molecule has 2 aliphatic heterocycles. The molecule has 0 saturated carbocycles. The number of carboxylic acid groups (broad SMARTS) is 1. The van der Waals surface area contributed by atoms with E-state index in [1.54, 1.807) is 13.8 Å². The summed E-state index contributed by atoms with van der Waals surface area (Å²) in [6.45, 7) is 3.12. The summed E-state index contributed by atoms with van der Waals surface area (Å²) >= 11 is 6.25. The molecule has 90 valence electrons. The Hall–Kier alpha value is 0.0500. The molecule has 2 rings (SSSR count). The standard InChI is InChI=1S/C8H9Br2NO4S/c1-7(2)3(4(12)13)11-5(14)8(9,10)6(11)16(7)15/h3,6H,1-2H3,(H,12,13)/p-1/t3-,6-,16-/m0/s1. The van der Waals surface area contributed by atoms with Crippen LogP contribution in [0.4, 0.5) is 0 Å². The Bertz CT molecular complexity index is 422. The Balaban J connectivity index is 2.50. The molecular weight excluding hydrogens is 366 g/mol. The van der Waals surface area contributed by atoms with E-state index in [4.69, 9.17) is 0 Å². The van der Waals surface area contributed by atoms with Crippen LogP contribution in [0.2, 0.25) is 0 Å². The van der Waals surface area contributed by atoms with Crippen molar-refractivity contribution in [3.8, 4) is 0 Å². The monoisotopic (exact) mass is 372 g/mol. The van der Waals surface area contributed by atoms with Crippen molar-refractivity contribution in [3.63, 3.8) is 0 Å². The van der Waals surface area contributed by atoms with Gasteiger partial charge in [0.15, 0.2) is 3.23 Å². The summed E-state index contributed by atoms with van der Waals surface area (Å²) in [7, 11) is -1.47. The van der Waals surface area contributed by atoms with Gasteiger partial charge < -0.3 is 14.8 Å². The van der Waals surface area contributed by atoms with Gasteiger partial charge in [-0.25, -0.2) is 0 Å². The average Bonchev–Trinajstić information content (AvgIpc) is 2.33. The molecule has 0 bridgehead atoms. The minimum absolute atomic E-state index is 0.425. The first-order valence-electron chi connectivity index (χ1n) is 4.45. The molecule has 0 aromatic carbocycles. The minimum Gasteiger partial charge on any atom is -0.548 e. The van der Waals surface area contributed by atoms with Crippen LogP contribution >= 0.6 is 31.9 Å². The SMILES string of the molecule is CC1(C)[C@H](C(=O)[O-])N2C(=O)C(Br)(Br)[C@@H]2[S@@]1=O. The Labute approximate surface area is 111 Å². The maximum atomic E-state index is 12.1. The van der Waals surface area contributed by atoms with Gasteiger partial charge in [0, 0.05) is 0 Å². The fraction of sp³-hybridized carbons (Fsp3) is 0.750. The van der Waals surface area contributed by atoms with E-state index in [-0.39, 0.29) is 0 Å². The molecule has 0 spiro atoms. The van der Waals surface area contributed by atoms with Crippen LogP contribution in [0.5, 0.6) is 0 Å². The van der Waals surface area contributed by atoms with Gasteiger partial charge in [-0.1, -0.05) is 31.9 Å². The minimum atomic E-state index is -1.47. The Morgan fingerprint density at radius 2 is 2.00 bits per heavy atom. The van der Waals surface area contributed by atoms with Gasteiger partial charge in [-0.3, -0.25) is 9.00 Å². The number of β-lactam (4-membered cyclic amide) rings is 1. The molecule has 2 aliphatic rings. The summed E-state index contributed by atoms with van der Waals surface area (Å²) in [4.78, 5) is 23.9. The van der Waals surface area contributed by atoms with E-state index >= 15 is 0 Å². The number of rotatable bonds is 1. The number of halogens is 2. The molecule has 0 aromatic rings. The molecule has 0 aromatic heterocycles. The lowest BCUT2D eigenvalue weighted by molar-refractivity contribution is -0.312. The smallest absolute Gasteiger partial charge is 0.255 e. The van der Waals surface area contributed by atoms with Crippen LogP contribution in [-0.2, 0) is 20.4 Å². The summed E-state index contributed by atoms with van der Waals surface area (Å²) in [5.74, 6) is -1.80. The van der Waals surface area contributed by atoms with Crippen LogP contribution < -0.4 is 5.11 Å². The van der Waals surface area contributed by atoms with Crippen molar-refractivity contribution in [3.05, 3.63) is 0 Å². The van der Waals surface area contributed by atoms with Gasteiger partial charge in [0.1, 0.15) is 5.37 Å². The molecule has 8 heteroatoms. The number of fused-ring (bicyclic) bond motifs is 1. The lowest BCUT2D eigenvalue weighted by atomic mass is 9.98. The Morgan fingerprint density at radius 1 is 1.50 bits per heavy atom. The number of carbonyl (C=O) groups excluding carboxylic acids is 2. The molecule has 5 nitrogen and oxygen atoms in total. The first-order chi connectivity index (χ1) is 7.13. The number of carboxylic acids is 1. The van der Waals surface area contributed by atoms with Gasteiger partial charge in [-0.15, -0.1) is 0 Å². The van der Waals surface area contributed by atoms with Crippen molar-refractivity contribution in [2.24, 2.45) is 0 Å². The van der Waals surface area contributed by atoms with E-state index in [0.717, 1.165) is 4.90 Å². The number of carbonyl (C=O) groups is 2. The number of alkyl halides is 2. The molecule has 2 saturated heterocycles. The van der Waals surface area contributed by atoms with Gasteiger partial charge in [0.05, 0.1) is 27.6 Å². The number of hydrogen-bond donors (Lipinski definition) is 0. The van der Waals surface area contributed by atoms with E-state index in [9.17, 15) is 18.9 Å². The topological polar surface area (TPSA) is 77.5 Å². The van der Waals surface area contributed by atoms with Gasteiger partial charge in [0.2, 0.25) is 0 Å². The van der Waals surface area contributed by atoms with Crippen molar-refractivity contribution in [1.29, 1.82) is 0 Å². The highest BCUT2D eigenvalue weighted by Crippen LogP contribution is 2.54. The molecule has 0 N–H and O–H groups in total. The highest BCUT2D eigenvalue weighted by molar-refractivity contribution is 9.26. The zero-order valence-electron chi connectivity index (χ0n) is 8.40. The van der Waals surface area contributed by atoms with Crippen LogP contribution in [0.25, 0.3) is 0 Å². The zero-order valence-corrected chi connectivity index (χ0v) is 12.4. The predicted octanol–water partition coefficient (Wildman–Crippen LogP) is -0.700. The normalized spacial score (nSPS) is 39.1. The maximum absolute atomic E-state index is 12.1. The summed E-state index contributed by atoms with van der Waals surface area (Å²) in [5.41, 5.74) is 0. The third kappa shape index (κ3) is 1.23. The molecule has 0 aliphatic carbocycles. The Morgan fingerprint density at radius 3 is 2.44 bits per heavy atom. The largest absolute Gasteiger partial charge is 0.548 e. The van der Waals surface area contributed by atoms with E-state index in [1.807, 2.05) is 0 Å². The molecule has 1 amide bonds. The van der Waals surface area contributed by atoms with Gasteiger partial charge in [-0.05, 0) is 13.8 Å². The quantitative estimate of drug-likeness (QED) is 0.450. The second-order valence-corrected chi connectivity index (χ2v) is 9.97. The number of aliphatic carboxylic acids is 1. The van der Waals surface area contributed by atoms with Crippen molar-refractivity contribution >= 4 is 54.5 Å². The van der Waals surface area contributed by atoms with Crippen molar-refractivity contribution in [1.82, 2.24) is 4.90 Å². The number of hydrogen-bond acceptors (Lipinski definition) is 4. The third-order valence-corrected chi connectivity index (χ3v) is 7.36. The fourth-order valence-corrected chi connectivity index (χ4v) is 5.78. The molecule has 3 atom stereocenters. The number of amides is 1. The predicted molar refractivity (Wildman–Crippen MR) is 62.2 cm³/mol. The first kappa shape index (κ1) is 12.5. The third-order valence-electron chi connectivity index (χ3n) is 2.96. The molecule has 16 heavy (non-hydrogen) atoms. The number of nitrogens with zero attached hydrogens (tertiary/aromatic N) is 1. The van der Waals surface area contributed by atoms with Crippen molar-refractivity contribution in [2.75, 3.05) is 0 Å². The zero-order chi connectivity index (χ0) is 12.5. The van der Waals surface area contributed by atoms with Gasteiger partial charge in [0.25, 0.3) is 5.91 Å². The van der Waals surface area contributed by atoms with Gasteiger partial charge in [-0.2, -0.15) is 0 Å². The van der Waals surface area contributed by atoms with Crippen LogP contribution in [0.15, 0.2) is 0 Å². The highest BCUT2D eigenvalue weighted by Gasteiger charge is 2.72. The summed E-state index contributed by atoms with van der Waals surface area (Å²) in [6.07, 6.45) is 0. The second kappa shape index (κ2) is 3.29. The molecule has 0 unspecified atom stereocenters. The summed E-state index contributed by atoms with van der Waals surface area (Å²) in [5, 5.41) is 10.4. The second-order valence-electron chi connectivity index (χ2n) is 4.31. The summed E-state index contributed by atoms with van der Waals surface area (Å²) in [6, 6.07) is -1.14. The molecular formula is C8H8Br2NO4S-. The first-order valence-corrected chi connectivity index (χ1v) is 7.25. The lowest BCUT2D eigenvalue weighted by Crippen LogP contribution is -2.70. The van der Waals surface area contributed by atoms with Crippen LogP contribution in [-0.4, -0.2) is 40.4 Å². The maximum Gasteiger partial charge on any atom is 0.255 e. The lowest BCUT2D eigenvalue weighted by Gasteiger charge is -2.47. The highest BCUT2D eigenvalue weighted by atomic mass is 79.9. The molecule has 2 fully saturated rings. The van der Waals surface area contributed by atoms with E-state index in [0.29, 0.717) is 0 Å². The van der Waals surface area contributed by atoms with Crippen LogP contribution in [0.3, 0.4) is 0 Å². The molecule has 0 radical (unpaired) electrons. The van der Waals surface area contributed by atoms with Crippen molar-refractivity contribution in [2.45, 2.75) is 33.2 Å². The van der Waals surface area contributed by atoms with Gasteiger partial charge >= 0.3 is 0 Å². The van der Waals surface area contributed by atoms with E-state index in [2.05, 4.69) is 31.9 Å². The Kier molecular flexibility index (Phi) is 2.57. The van der Waals surface area contributed by atoms with Crippen molar-refractivity contribution < 1.29 is 18.9 Å². The summed E-state index contributed by atoms with van der Waals surface area (Å²) < 4.78 is 10.0. The average molecular weight is 374 g/mol. The van der Waals surface area contributed by atoms with Crippen LogP contribution in [0, 0.1) is 0 Å². The van der Waals surface area contributed by atoms with E-state index in [1.165, 1.54) is 0 Å². The van der Waals surface area contributed by atoms with Crippen LogP contribution in [0.1, 0.15) is 13.8 Å². The fourth-order valence-electron chi connectivity index (χ4n) is 2.11.